The van der Waals surface area contributed by atoms with Crippen molar-refractivity contribution in [1.82, 2.24) is 9.97 Å². The molecule has 0 aliphatic carbocycles. The van der Waals surface area contributed by atoms with Gasteiger partial charge in [-0.1, -0.05) is 13.8 Å². The maximum atomic E-state index is 5.45. The smallest absolute Gasteiger partial charge is 0.152 e. The van der Waals surface area contributed by atoms with E-state index >= 15 is 0 Å². The first kappa shape index (κ1) is 10.3. The Bertz CT molecular complexity index is 465. The van der Waals surface area contributed by atoms with Gasteiger partial charge in [0.15, 0.2) is 5.82 Å². The average molecular weight is 222 g/mol. The standard InChI is InChI=1S/C10H14N4S/c1-3-6(2)8-12-9(14-11)7-4-5-15-10(7)13-8/h4-6H,3,11H2,1-2H3,(H,12,13,14). The second-order valence-electron chi connectivity index (χ2n) is 3.52. The summed E-state index contributed by atoms with van der Waals surface area (Å²) in [5, 5.41) is 3.00. The molecule has 0 spiro atoms. The molecule has 1 atom stereocenters. The molecule has 0 bridgehead atoms. The lowest BCUT2D eigenvalue weighted by atomic mass is 10.1. The Morgan fingerprint density at radius 2 is 2.33 bits per heavy atom. The van der Waals surface area contributed by atoms with Crippen molar-refractivity contribution in [2.45, 2.75) is 26.2 Å². The summed E-state index contributed by atoms with van der Waals surface area (Å²) in [4.78, 5) is 9.94. The molecule has 0 aliphatic rings. The van der Waals surface area contributed by atoms with Crippen LogP contribution in [0.3, 0.4) is 0 Å². The lowest BCUT2D eigenvalue weighted by Gasteiger charge is -2.09. The molecule has 3 N–H and O–H groups in total. The molecular formula is C10H14N4S. The normalized spacial score (nSPS) is 13.0. The molecular weight excluding hydrogens is 208 g/mol. The van der Waals surface area contributed by atoms with Crippen LogP contribution in [0.15, 0.2) is 11.4 Å². The molecule has 2 heterocycles. The van der Waals surface area contributed by atoms with Gasteiger partial charge in [0, 0.05) is 5.92 Å². The van der Waals surface area contributed by atoms with Gasteiger partial charge in [-0.15, -0.1) is 11.3 Å². The van der Waals surface area contributed by atoms with Gasteiger partial charge in [0.05, 0.1) is 5.39 Å². The van der Waals surface area contributed by atoms with Crippen LogP contribution < -0.4 is 11.3 Å². The first-order valence-corrected chi connectivity index (χ1v) is 5.86. The minimum Gasteiger partial charge on any atom is -0.308 e. The zero-order valence-corrected chi connectivity index (χ0v) is 9.64. The van der Waals surface area contributed by atoms with Crippen LogP contribution in [0.25, 0.3) is 10.2 Å². The van der Waals surface area contributed by atoms with Crippen molar-refractivity contribution in [2.75, 3.05) is 5.43 Å². The molecule has 2 aromatic heterocycles. The van der Waals surface area contributed by atoms with E-state index in [2.05, 4.69) is 29.2 Å². The summed E-state index contributed by atoms with van der Waals surface area (Å²) in [6.45, 7) is 4.25. The zero-order chi connectivity index (χ0) is 10.8. The molecule has 4 nitrogen and oxygen atoms in total. The first-order valence-electron chi connectivity index (χ1n) is 4.98. The minimum absolute atomic E-state index is 0.364. The molecule has 1 unspecified atom stereocenters. The highest BCUT2D eigenvalue weighted by Crippen LogP contribution is 2.27. The third kappa shape index (κ3) is 1.80. The summed E-state index contributed by atoms with van der Waals surface area (Å²) >= 11 is 1.61. The van der Waals surface area contributed by atoms with E-state index in [9.17, 15) is 0 Å². The predicted molar refractivity (Wildman–Crippen MR) is 63.9 cm³/mol. The third-order valence-electron chi connectivity index (χ3n) is 2.53. The van der Waals surface area contributed by atoms with Crippen molar-refractivity contribution in [3.05, 3.63) is 17.3 Å². The molecule has 0 fully saturated rings. The Balaban J connectivity index is 2.58. The summed E-state index contributed by atoms with van der Waals surface area (Å²) in [6.07, 6.45) is 1.03. The lowest BCUT2D eigenvalue weighted by Crippen LogP contribution is -2.11. The van der Waals surface area contributed by atoms with Crippen LogP contribution in [-0.2, 0) is 0 Å². The van der Waals surface area contributed by atoms with Crippen molar-refractivity contribution < 1.29 is 0 Å². The number of nitrogens with two attached hydrogens (primary N) is 1. The van der Waals surface area contributed by atoms with Gasteiger partial charge in [0.25, 0.3) is 0 Å². The van der Waals surface area contributed by atoms with Gasteiger partial charge in [-0.3, -0.25) is 0 Å². The highest BCUT2D eigenvalue weighted by Gasteiger charge is 2.11. The fraction of sp³-hybridized carbons (Fsp3) is 0.400. The van der Waals surface area contributed by atoms with E-state index in [1.54, 1.807) is 11.3 Å². The van der Waals surface area contributed by atoms with Gasteiger partial charge >= 0.3 is 0 Å². The zero-order valence-electron chi connectivity index (χ0n) is 8.82. The minimum atomic E-state index is 0.364. The van der Waals surface area contributed by atoms with E-state index in [1.807, 2.05) is 11.4 Å². The van der Waals surface area contributed by atoms with Crippen molar-refractivity contribution in [1.29, 1.82) is 0 Å². The predicted octanol–water partition coefficient (Wildman–Crippen LogP) is 2.49. The van der Waals surface area contributed by atoms with Crippen LogP contribution in [0, 0.1) is 0 Å². The molecule has 15 heavy (non-hydrogen) atoms. The van der Waals surface area contributed by atoms with Crippen LogP contribution in [0.5, 0.6) is 0 Å². The highest BCUT2D eigenvalue weighted by molar-refractivity contribution is 7.16. The number of hydrazine groups is 1. The van der Waals surface area contributed by atoms with Crippen molar-refractivity contribution in [2.24, 2.45) is 5.84 Å². The van der Waals surface area contributed by atoms with Gasteiger partial charge in [-0.05, 0) is 17.9 Å². The number of fused-ring (bicyclic) bond motifs is 1. The largest absolute Gasteiger partial charge is 0.308 e. The summed E-state index contributed by atoms with van der Waals surface area (Å²) in [6, 6.07) is 1.98. The number of nitrogens with one attached hydrogen (secondary N) is 1. The second kappa shape index (κ2) is 4.12. The fourth-order valence-electron chi connectivity index (χ4n) is 1.38. The average Bonchev–Trinajstić information content (AvgIpc) is 2.74. The molecule has 0 aliphatic heterocycles. The van der Waals surface area contributed by atoms with Crippen LogP contribution >= 0.6 is 11.3 Å². The van der Waals surface area contributed by atoms with Crippen molar-refractivity contribution in [3.8, 4) is 0 Å². The van der Waals surface area contributed by atoms with Gasteiger partial charge < -0.3 is 5.43 Å². The number of aromatic nitrogens is 2. The number of nitrogen functional groups attached to an aromatic ring is 1. The van der Waals surface area contributed by atoms with Crippen LogP contribution in [0.2, 0.25) is 0 Å². The third-order valence-corrected chi connectivity index (χ3v) is 3.34. The van der Waals surface area contributed by atoms with E-state index in [0.29, 0.717) is 5.92 Å². The fourth-order valence-corrected chi connectivity index (χ4v) is 2.16. The maximum absolute atomic E-state index is 5.45. The Labute approximate surface area is 92.5 Å². The Morgan fingerprint density at radius 3 is 3.00 bits per heavy atom. The van der Waals surface area contributed by atoms with Crippen LogP contribution in [-0.4, -0.2) is 9.97 Å². The number of thiophene rings is 1. The van der Waals surface area contributed by atoms with E-state index in [0.717, 1.165) is 28.3 Å². The van der Waals surface area contributed by atoms with E-state index in [-0.39, 0.29) is 0 Å². The molecule has 0 saturated carbocycles. The summed E-state index contributed by atoms with van der Waals surface area (Å²) in [5.41, 5.74) is 2.63. The Morgan fingerprint density at radius 1 is 1.53 bits per heavy atom. The first-order chi connectivity index (χ1) is 7.26. The molecule has 0 saturated heterocycles. The van der Waals surface area contributed by atoms with Gasteiger partial charge in [0.2, 0.25) is 0 Å². The number of nitrogens with zero attached hydrogens (tertiary/aromatic N) is 2. The molecule has 0 radical (unpaired) electrons. The quantitative estimate of drug-likeness (QED) is 0.618. The molecule has 5 heteroatoms. The number of anilines is 1. The molecule has 2 aromatic rings. The number of hydrogen-bond acceptors (Lipinski definition) is 5. The highest BCUT2D eigenvalue weighted by atomic mass is 32.1. The van der Waals surface area contributed by atoms with Gasteiger partial charge in [0.1, 0.15) is 10.7 Å². The van der Waals surface area contributed by atoms with Crippen LogP contribution in [0.1, 0.15) is 32.0 Å². The lowest BCUT2D eigenvalue weighted by molar-refractivity contribution is 0.684. The van der Waals surface area contributed by atoms with Crippen molar-refractivity contribution in [3.63, 3.8) is 0 Å². The van der Waals surface area contributed by atoms with Crippen LogP contribution in [0.4, 0.5) is 5.82 Å². The molecule has 0 amide bonds. The molecule has 80 valence electrons. The Kier molecular flexibility index (Phi) is 2.83. The van der Waals surface area contributed by atoms with E-state index in [4.69, 9.17) is 5.84 Å². The SMILES string of the molecule is CCC(C)c1nc(NN)c2ccsc2n1. The van der Waals surface area contributed by atoms with Gasteiger partial charge in [-0.25, -0.2) is 15.8 Å². The molecule has 0 aromatic carbocycles. The number of hydrogen-bond donors (Lipinski definition) is 2. The Hall–Kier alpha value is -1.20. The van der Waals surface area contributed by atoms with Gasteiger partial charge in [-0.2, -0.15) is 0 Å². The summed E-state index contributed by atoms with van der Waals surface area (Å²) in [7, 11) is 0. The van der Waals surface area contributed by atoms with Crippen molar-refractivity contribution >= 4 is 27.4 Å². The van der Waals surface area contributed by atoms with E-state index < -0.39 is 0 Å². The number of rotatable bonds is 3. The molecule has 2 rings (SSSR count). The monoisotopic (exact) mass is 222 g/mol. The second-order valence-corrected chi connectivity index (χ2v) is 4.42. The topological polar surface area (TPSA) is 63.8 Å². The maximum Gasteiger partial charge on any atom is 0.152 e. The summed E-state index contributed by atoms with van der Waals surface area (Å²) < 4.78 is 0. The summed E-state index contributed by atoms with van der Waals surface area (Å²) in [5.74, 6) is 7.39. The van der Waals surface area contributed by atoms with E-state index in [1.165, 1.54) is 0 Å².